The number of hydrogen-bond acceptors (Lipinski definition) is 11. The highest BCUT2D eigenvalue weighted by molar-refractivity contribution is 5.96. The van der Waals surface area contributed by atoms with Crippen molar-refractivity contribution in [2.24, 2.45) is 23.3 Å². The van der Waals surface area contributed by atoms with E-state index in [4.69, 9.17) is 20.9 Å². The van der Waals surface area contributed by atoms with Gasteiger partial charge in [-0.05, 0) is 54.7 Å². The van der Waals surface area contributed by atoms with Crippen molar-refractivity contribution in [3.05, 3.63) is 47.5 Å². The van der Waals surface area contributed by atoms with Crippen molar-refractivity contribution in [3.63, 3.8) is 0 Å². The number of rotatable bonds is 25. The molecular weight excluding hydrogens is 761 g/mol. The summed E-state index contributed by atoms with van der Waals surface area (Å²) in [5, 5.41) is 21.5. The molecule has 0 aromatic heterocycles. The zero-order valence-corrected chi connectivity index (χ0v) is 36.0. The number of fused-ring (bicyclic) bond motifs is 5. The molecule has 0 unspecified atom stereocenters. The van der Waals surface area contributed by atoms with Crippen molar-refractivity contribution in [2.45, 2.75) is 135 Å². The number of ether oxygens (including phenoxy) is 2. The third kappa shape index (κ3) is 15.5. The molecule has 13 nitrogen and oxygen atoms in total. The number of unbranched alkanes of at least 4 members (excludes halogenated alkanes) is 8. The van der Waals surface area contributed by atoms with E-state index in [1.807, 2.05) is 12.1 Å². The fourth-order valence-electron chi connectivity index (χ4n) is 7.69. The highest BCUT2D eigenvalue weighted by Gasteiger charge is 2.36. The Bertz CT molecular complexity index is 1820. The predicted molar refractivity (Wildman–Crippen MR) is 231 cm³/mol. The topological polar surface area (TPSA) is 219 Å². The minimum absolute atomic E-state index is 0.0206. The first kappa shape index (κ1) is 49.3. The average molecular weight is 827 g/mol. The molecule has 0 fully saturated rings. The Labute approximate surface area is 356 Å². The monoisotopic (exact) mass is 826 g/mol. The van der Waals surface area contributed by atoms with E-state index in [1.165, 1.54) is 44.1 Å². The number of benzene rings is 2. The van der Waals surface area contributed by atoms with Gasteiger partial charge in [-0.25, -0.2) is 0 Å². The number of likely N-dealkylation sites (N-methyl/N-ethyl adjacent to an activating group) is 1. The number of nitrogens with zero attached hydrogens (tertiary/aromatic N) is 3. The second-order valence-corrected chi connectivity index (χ2v) is 15.9. The summed E-state index contributed by atoms with van der Waals surface area (Å²) >= 11 is 0. The molecule has 1 aliphatic heterocycles. The lowest BCUT2D eigenvalue weighted by Crippen LogP contribution is -2.45. The molecule has 326 valence electrons. The summed E-state index contributed by atoms with van der Waals surface area (Å²) < 4.78 is 12.2. The number of Topliss-reactive ketones (excluding diaryl/α,β-unsaturated/α-hetero) is 3. The molecule has 0 radical (unpaired) electrons. The van der Waals surface area contributed by atoms with Gasteiger partial charge in [-0.2, -0.15) is 10.5 Å². The van der Waals surface area contributed by atoms with E-state index in [9.17, 15) is 34.5 Å². The molecule has 13 heteroatoms. The van der Waals surface area contributed by atoms with Crippen LogP contribution in [-0.2, 0) is 30.4 Å². The number of hydrogen-bond donors (Lipinski definition) is 3. The van der Waals surface area contributed by atoms with Crippen LogP contribution in [0.4, 0.5) is 0 Å². The molecule has 0 saturated carbocycles. The Balaban J connectivity index is 2.07. The van der Waals surface area contributed by atoms with Gasteiger partial charge in [0, 0.05) is 81.6 Å². The molecule has 2 amide bonds. The van der Waals surface area contributed by atoms with Crippen molar-refractivity contribution < 1.29 is 33.4 Å². The average Bonchev–Trinajstić information content (AvgIpc) is 3.24. The van der Waals surface area contributed by atoms with Gasteiger partial charge in [0.1, 0.15) is 36.5 Å². The minimum atomic E-state index is -1.19. The van der Waals surface area contributed by atoms with Crippen molar-refractivity contribution in [1.29, 1.82) is 10.5 Å². The number of carbonyl (C=O) groups is 5. The van der Waals surface area contributed by atoms with Crippen molar-refractivity contribution in [2.75, 3.05) is 33.4 Å². The third-order valence-electron chi connectivity index (χ3n) is 11.0. The lowest BCUT2D eigenvalue weighted by atomic mass is 9.88. The van der Waals surface area contributed by atoms with E-state index >= 15 is 0 Å². The standard InChI is InChI=1S/C47H66N6O7/c1-4-5-6-7-8-9-10-11-12-16-37(54)31-36(15-13-22-48)47(58)53(3)45-35-19-21-44(60-27-25-51)39(32-35)38-29-34(18-20-43(38)59-26-24-50)30-40(41(55)17-14-23-49)52-46(57)33(2)28-42(45)56/h18-21,29,32-33,36,40,45H,4-17,24-28,30-31,50-51H2,1-3H3,(H,52,57)/t33-,36+,40+,45+/m1/s1. The molecule has 1 heterocycles. The Morgan fingerprint density at radius 1 is 0.833 bits per heavy atom. The molecule has 60 heavy (non-hydrogen) atoms. The Kier molecular flexibility index (Phi) is 22.1. The summed E-state index contributed by atoms with van der Waals surface area (Å²) in [5.74, 6) is -2.63. The Morgan fingerprint density at radius 3 is 2.05 bits per heavy atom. The molecule has 0 aliphatic carbocycles. The zero-order valence-electron chi connectivity index (χ0n) is 36.0. The van der Waals surface area contributed by atoms with Gasteiger partial charge in [-0.15, -0.1) is 0 Å². The van der Waals surface area contributed by atoms with Crippen LogP contribution in [0.25, 0.3) is 11.1 Å². The van der Waals surface area contributed by atoms with E-state index in [0.29, 0.717) is 40.2 Å². The maximum Gasteiger partial charge on any atom is 0.226 e. The third-order valence-corrected chi connectivity index (χ3v) is 11.0. The fraction of sp³-hybridized carbons (Fsp3) is 0.596. The van der Waals surface area contributed by atoms with Crippen LogP contribution >= 0.6 is 0 Å². The molecule has 5 N–H and O–H groups in total. The van der Waals surface area contributed by atoms with E-state index in [0.717, 1.165) is 25.7 Å². The van der Waals surface area contributed by atoms with E-state index < -0.39 is 41.5 Å². The maximum absolute atomic E-state index is 14.6. The first-order chi connectivity index (χ1) is 29.0. The molecule has 1 aliphatic rings. The lowest BCUT2D eigenvalue weighted by Gasteiger charge is -2.32. The Morgan fingerprint density at radius 2 is 1.43 bits per heavy atom. The lowest BCUT2D eigenvalue weighted by molar-refractivity contribution is -0.143. The van der Waals surface area contributed by atoms with Crippen LogP contribution in [-0.4, -0.2) is 73.5 Å². The van der Waals surface area contributed by atoms with Gasteiger partial charge in [0.25, 0.3) is 0 Å². The molecule has 2 aromatic rings. The first-order valence-corrected chi connectivity index (χ1v) is 21.8. The predicted octanol–water partition coefficient (Wildman–Crippen LogP) is 6.84. The molecule has 4 atom stereocenters. The molecule has 4 bridgehead atoms. The summed E-state index contributed by atoms with van der Waals surface area (Å²) in [6.07, 6.45) is 10.2. The zero-order chi connectivity index (χ0) is 43.9. The van der Waals surface area contributed by atoms with Gasteiger partial charge in [0.15, 0.2) is 11.6 Å². The molecular formula is C47H66N6O7. The van der Waals surface area contributed by atoms with Gasteiger partial charge in [0.05, 0.1) is 18.2 Å². The van der Waals surface area contributed by atoms with Gasteiger partial charge in [-0.1, -0.05) is 77.3 Å². The molecule has 0 saturated heterocycles. The fourth-order valence-corrected chi connectivity index (χ4v) is 7.69. The smallest absolute Gasteiger partial charge is 0.226 e. The summed E-state index contributed by atoms with van der Waals surface area (Å²) in [6, 6.07) is 12.4. The number of nitriles is 2. The summed E-state index contributed by atoms with van der Waals surface area (Å²) in [4.78, 5) is 70.8. The van der Waals surface area contributed by atoms with Gasteiger partial charge >= 0.3 is 0 Å². The van der Waals surface area contributed by atoms with Gasteiger partial charge in [0.2, 0.25) is 11.8 Å². The quantitative estimate of drug-likeness (QED) is 0.0881. The van der Waals surface area contributed by atoms with Crippen LogP contribution in [0, 0.1) is 34.5 Å². The largest absolute Gasteiger partial charge is 0.492 e. The van der Waals surface area contributed by atoms with Crippen LogP contribution in [0.5, 0.6) is 11.5 Å². The molecule has 2 aromatic carbocycles. The van der Waals surface area contributed by atoms with Crippen LogP contribution in [0.2, 0.25) is 0 Å². The maximum atomic E-state index is 14.6. The SMILES string of the molecule is CCCCCCCCCCCC(=O)C[C@H](CCC#N)C(=O)N(C)[C@@H]1C(=O)C[C@@H](C)C(=O)N[C@H](C(=O)CCC#N)Cc2ccc(OCCN)c(c2)-c2cc1ccc2OCCN. The van der Waals surface area contributed by atoms with Crippen molar-refractivity contribution in [1.82, 2.24) is 10.2 Å². The normalized spacial score (nSPS) is 17.0. The molecule has 0 spiro atoms. The van der Waals surface area contributed by atoms with Crippen LogP contribution in [0.3, 0.4) is 0 Å². The number of carbonyl (C=O) groups excluding carboxylic acids is 5. The summed E-state index contributed by atoms with van der Waals surface area (Å²) in [5.41, 5.74) is 13.9. The van der Waals surface area contributed by atoms with Crippen molar-refractivity contribution in [3.8, 4) is 34.8 Å². The van der Waals surface area contributed by atoms with E-state index in [2.05, 4.69) is 18.3 Å². The highest BCUT2D eigenvalue weighted by Crippen LogP contribution is 2.41. The second-order valence-electron chi connectivity index (χ2n) is 15.9. The highest BCUT2D eigenvalue weighted by atomic mass is 16.5. The Hall–Kier alpha value is -5.11. The molecule has 3 rings (SSSR count). The van der Waals surface area contributed by atoms with Crippen molar-refractivity contribution >= 4 is 29.2 Å². The number of ketones is 3. The number of nitrogens with one attached hydrogen (secondary N) is 1. The number of amides is 2. The van der Waals surface area contributed by atoms with Crippen LogP contribution < -0.4 is 26.3 Å². The van der Waals surface area contributed by atoms with Crippen LogP contribution in [0.15, 0.2) is 36.4 Å². The number of nitrogens with two attached hydrogens (primary N) is 2. The summed E-state index contributed by atoms with van der Waals surface area (Å²) in [6.45, 7) is 4.61. The summed E-state index contributed by atoms with van der Waals surface area (Å²) in [7, 11) is 1.52. The minimum Gasteiger partial charge on any atom is -0.492 e. The van der Waals surface area contributed by atoms with E-state index in [1.54, 1.807) is 37.3 Å². The first-order valence-electron chi connectivity index (χ1n) is 21.8. The van der Waals surface area contributed by atoms with Gasteiger partial charge < -0.3 is 31.2 Å². The van der Waals surface area contributed by atoms with Crippen LogP contribution in [0.1, 0.15) is 134 Å². The second kappa shape index (κ2) is 26.9. The van der Waals surface area contributed by atoms with E-state index in [-0.39, 0.29) is 82.8 Å². The van der Waals surface area contributed by atoms with Gasteiger partial charge in [-0.3, -0.25) is 24.0 Å².